The van der Waals surface area contributed by atoms with Gasteiger partial charge in [-0.05, 0) is 24.1 Å². The maximum absolute atomic E-state index is 11.8. The van der Waals surface area contributed by atoms with Crippen molar-refractivity contribution in [3.8, 4) is 23.3 Å². The van der Waals surface area contributed by atoms with Crippen molar-refractivity contribution < 1.29 is 0 Å². The molecule has 1 heterocycles. The van der Waals surface area contributed by atoms with E-state index in [0.29, 0.717) is 10.0 Å². The van der Waals surface area contributed by atoms with E-state index in [1.165, 1.54) is 0 Å². The lowest BCUT2D eigenvalue weighted by Crippen LogP contribution is -2.16. The molecular weight excluding hydrogens is 320 g/mol. The molecule has 0 aliphatic heterocycles. The molecule has 20 heavy (non-hydrogen) atoms. The van der Waals surface area contributed by atoms with Gasteiger partial charge >= 0.3 is 0 Å². The quantitative estimate of drug-likeness (QED) is 0.838. The third-order valence-corrected chi connectivity index (χ3v) is 3.52. The maximum Gasteiger partial charge on any atom is 0.268 e. The largest absolute Gasteiger partial charge is 0.384 e. The summed E-state index contributed by atoms with van der Waals surface area (Å²) in [6, 6.07) is 9.19. The lowest BCUT2D eigenvalue weighted by molar-refractivity contribution is 1.21. The van der Waals surface area contributed by atoms with Crippen molar-refractivity contribution in [3.63, 3.8) is 0 Å². The lowest BCUT2D eigenvalue weighted by Gasteiger charge is -2.11. The molecule has 0 unspecified atom stereocenters. The standard InChI is InChI=1S/C14H9BrN4O/c1-7-2-3-8(11(15)4-7)12-9(5-16)13(18)19-14(20)10(12)6-17/h2-4H,1H3,(H3,18,19,20). The number of H-pyrrole nitrogens is 1. The number of hydrogen-bond acceptors (Lipinski definition) is 4. The van der Waals surface area contributed by atoms with Crippen molar-refractivity contribution in [2.45, 2.75) is 6.92 Å². The van der Waals surface area contributed by atoms with E-state index >= 15 is 0 Å². The summed E-state index contributed by atoms with van der Waals surface area (Å²) < 4.78 is 0.690. The minimum absolute atomic E-state index is 0.0426. The highest BCUT2D eigenvalue weighted by Crippen LogP contribution is 2.34. The molecule has 5 nitrogen and oxygen atoms in total. The molecule has 0 aliphatic rings. The van der Waals surface area contributed by atoms with Gasteiger partial charge in [0.25, 0.3) is 5.56 Å². The second kappa shape index (κ2) is 5.20. The Labute approximate surface area is 123 Å². The Bertz CT molecular complexity index is 840. The summed E-state index contributed by atoms with van der Waals surface area (Å²) in [7, 11) is 0. The van der Waals surface area contributed by atoms with Gasteiger partial charge in [0.1, 0.15) is 29.1 Å². The predicted octanol–water partition coefficient (Wildman–Crippen LogP) is 2.44. The summed E-state index contributed by atoms with van der Waals surface area (Å²) in [5.74, 6) is -0.0426. The number of nitrogens with zero attached hydrogens (tertiary/aromatic N) is 2. The zero-order chi connectivity index (χ0) is 14.9. The lowest BCUT2D eigenvalue weighted by atomic mass is 9.96. The van der Waals surface area contributed by atoms with Crippen LogP contribution in [0.3, 0.4) is 0 Å². The molecule has 0 saturated carbocycles. The normalized spacial score (nSPS) is 9.80. The van der Waals surface area contributed by atoms with Crippen molar-refractivity contribution in [3.05, 3.63) is 49.7 Å². The fourth-order valence-electron chi connectivity index (χ4n) is 1.94. The van der Waals surface area contributed by atoms with Crippen LogP contribution >= 0.6 is 15.9 Å². The highest BCUT2D eigenvalue weighted by Gasteiger charge is 2.19. The molecule has 3 N–H and O–H groups in total. The van der Waals surface area contributed by atoms with Crippen LogP contribution in [-0.2, 0) is 0 Å². The molecule has 0 bridgehead atoms. The van der Waals surface area contributed by atoms with Gasteiger partial charge in [0.15, 0.2) is 0 Å². The number of nitriles is 2. The van der Waals surface area contributed by atoms with Crippen LogP contribution in [0, 0.1) is 29.6 Å². The topological polar surface area (TPSA) is 106 Å². The number of nitrogen functional groups attached to an aromatic ring is 1. The number of rotatable bonds is 1. The fraction of sp³-hybridized carbons (Fsp3) is 0.0714. The summed E-state index contributed by atoms with van der Waals surface area (Å²) in [5.41, 5.74) is 6.88. The minimum atomic E-state index is -0.605. The molecule has 0 amide bonds. The van der Waals surface area contributed by atoms with E-state index in [0.717, 1.165) is 5.56 Å². The number of benzene rings is 1. The first-order chi connectivity index (χ1) is 9.49. The summed E-state index contributed by atoms with van der Waals surface area (Å²) in [6.45, 7) is 1.91. The Hall–Kier alpha value is -2.57. The molecule has 6 heteroatoms. The Morgan fingerprint density at radius 1 is 1.25 bits per heavy atom. The van der Waals surface area contributed by atoms with Gasteiger partial charge < -0.3 is 10.7 Å². The summed E-state index contributed by atoms with van der Waals surface area (Å²) in [4.78, 5) is 14.1. The van der Waals surface area contributed by atoms with Crippen molar-refractivity contribution >= 4 is 21.7 Å². The first-order valence-electron chi connectivity index (χ1n) is 5.62. The SMILES string of the molecule is Cc1ccc(-c2c(C#N)c(N)[nH]c(=O)c2C#N)c(Br)c1. The number of hydrogen-bond donors (Lipinski definition) is 2. The molecule has 2 rings (SSSR count). The zero-order valence-corrected chi connectivity index (χ0v) is 12.1. The number of anilines is 1. The van der Waals surface area contributed by atoms with Crippen LogP contribution < -0.4 is 11.3 Å². The Morgan fingerprint density at radius 3 is 2.45 bits per heavy atom. The highest BCUT2D eigenvalue weighted by atomic mass is 79.9. The Kier molecular flexibility index (Phi) is 3.60. The van der Waals surface area contributed by atoms with Crippen molar-refractivity contribution in [2.75, 3.05) is 5.73 Å². The van der Waals surface area contributed by atoms with E-state index in [-0.39, 0.29) is 22.5 Å². The monoisotopic (exact) mass is 328 g/mol. The summed E-state index contributed by atoms with van der Waals surface area (Å²) in [5, 5.41) is 18.4. The molecule has 98 valence electrons. The van der Waals surface area contributed by atoms with Crippen molar-refractivity contribution in [1.29, 1.82) is 10.5 Å². The molecule has 2 aromatic rings. The second-order valence-electron chi connectivity index (χ2n) is 4.20. The minimum Gasteiger partial charge on any atom is -0.384 e. The smallest absolute Gasteiger partial charge is 0.268 e. The molecule has 0 fully saturated rings. The van der Waals surface area contributed by atoms with Gasteiger partial charge in [0, 0.05) is 10.0 Å². The van der Waals surface area contributed by atoms with Gasteiger partial charge in [0.05, 0.1) is 0 Å². The van der Waals surface area contributed by atoms with E-state index in [1.807, 2.05) is 31.2 Å². The van der Waals surface area contributed by atoms with Crippen LogP contribution in [0.15, 0.2) is 27.5 Å². The van der Waals surface area contributed by atoms with Gasteiger partial charge in [-0.15, -0.1) is 0 Å². The van der Waals surface area contributed by atoms with E-state index in [4.69, 9.17) is 5.73 Å². The third-order valence-electron chi connectivity index (χ3n) is 2.86. The van der Waals surface area contributed by atoms with Crippen LogP contribution in [0.2, 0.25) is 0 Å². The molecule has 0 spiro atoms. The molecule has 0 saturated heterocycles. The molecule has 0 radical (unpaired) electrons. The Morgan fingerprint density at radius 2 is 1.90 bits per heavy atom. The van der Waals surface area contributed by atoms with Crippen LogP contribution in [-0.4, -0.2) is 4.98 Å². The van der Waals surface area contributed by atoms with E-state index in [9.17, 15) is 15.3 Å². The first kappa shape index (κ1) is 13.9. The van der Waals surface area contributed by atoms with E-state index in [2.05, 4.69) is 20.9 Å². The van der Waals surface area contributed by atoms with E-state index < -0.39 is 5.56 Å². The Balaban J connectivity index is 2.97. The predicted molar refractivity (Wildman–Crippen MR) is 78.8 cm³/mol. The van der Waals surface area contributed by atoms with Gasteiger partial charge in [-0.2, -0.15) is 10.5 Å². The van der Waals surface area contributed by atoms with Crippen LogP contribution in [0.25, 0.3) is 11.1 Å². The maximum atomic E-state index is 11.8. The number of nitrogens with one attached hydrogen (secondary N) is 1. The average molecular weight is 329 g/mol. The van der Waals surface area contributed by atoms with Crippen molar-refractivity contribution in [1.82, 2.24) is 4.98 Å². The number of aromatic nitrogens is 1. The van der Waals surface area contributed by atoms with Crippen LogP contribution in [0.5, 0.6) is 0 Å². The third kappa shape index (κ3) is 2.18. The first-order valence-corrected chi connectivity index (χ1v) is 6.41. The van der Waals surface area contributed by atoms with Gasteiger partial charge in [0.2, 0.25) is 0 Å². The van der Waals surface area contributed by atoms with Crippen LogP contribution in [0.4, 0.5) is 5.82 Å². The zero-order valence-electron chi connectivity index (χ0n) is 10.5. The average Bonchev–Trinajstić information content (AvgIpc) is 2.38. The van der Waals surface area contributed by atoms with Gasteiger partial charge in [-0.25, -0.2) is 0 Å². The fourth-order valence-corrected chi connectivity index (χ4v) is 2.63. The molecular formula is C14H9BrN4O. The number of aryl methyl sites for hydroxylation is 1. The molecule has 0 atom stereocenters. The van der Waals surface area contributed by atoms with Crippen LogP contribution in [0.1, 0.15) is 16.7 Å². The summed E-state index contributed by atoms with van der Waals surface area (Å²) in [6.07, 6.45) is 0. The number of nitrogens with two attached hydrogens (primary N) is 1. The van der Waals surface area contributed by atoms with Crippen molar-refractivity contribution in [2.24, 2.45) is 0 Å². The molecule has 1 aromatic carbocycles. The van der Waals surface area contributed by atoms with E-state index in [1.54, 1.807) is 6.07 Å². The highest BCUT2D eigenvalue weighted by molar-refractivity contribution is 9.10. The van der Waals surface area contributed by atoms with Gasteiger partial charge in [-0.1, -0.05) is 28.1 Å². The summed E-state index contributed by atoms with van der Waals surface area (Å²) >= 11 is 3.39. The number of halogens is 1. The van der Waals surface area contributed by atoms with Gasteiger partial charge in [-0.3, -0.25) is 4.79 Å². The second-order valence-corrected chi connectivity index (χ2v) is 5.05. The number of aromatic amines is 1. The molecule has 1 aromatic heterocycles. The number of pyridine rings is 1. The molecule has 0 aliphatic carbocycles.